The van der Waals surface area contributed by atoms with E-state index in [0.29, 0.717) is 0 Å². The van der Waals surface area contributed by atoms with Crippen LogP contribution in [0, 0.1) is 0 Å². The number of para-hydroxylation sites is 1. The smallest absolute Gasteiger partial charge is 0.337 e. The van der Waals surface area contributed by atoms with Crippen molar-refractivity contribution in [3.63, 3.8) is 0 Å². The van der Waals surface area contributed by atoms with Crippen LogP contribution in [0.4, 0.5) is 23.7 Å². The molecule has 2 rings (SSSR count). The molecule has 9 heteroatoms. The zero-order valence-electron chi connectivity index (χ0n) is 12.9. The Bertz CT molecular complexity index is 837. The number of anilines is 1. The monoisotopic (exact) mass is 372 g/mol. The second kappa shape index (κ2) is 7.56. The van der Waals surface area contributed by atoms with Crippen LogP contribution in [0.2, 0.25) is 0 Å². The largest absolute Gasteiger partial charge is 0.418 e. The summed E-state index contributed by atoms with van der Waals surface area (Å²) in [6.07, 6.45) is -4.61. The molecule has 0 atom stereocenters. The first-order chi connectivity index (χ1) is 11.7. The third-order valence-corrected chi connectivity index (χ3v) is 4.97. The van der Waals surface area contributed by atoms with Crippen molar-refractivity contribution in [1.29, 1.82) is 0 Å². The van der Waals surface area contributed by atoms with Crippen molar-refractivity contribution in [2.75, 3.05) is 17.6 Å². The average molecular weight is 372 g/mol. The average Bonchev–Trinajstić information content (AvgIpc) is 2.55. The highest BCUT2D eigenvalue weighted by molar-refractivity contribution is 7.91. The lowest BCUT2D eigenvalue weighted by Gasteiger charge is -2.14. The lowest BCUT2D eigenvalue weighted by molar-refractivity contribution is -0.136. The lowest BCUT2D eigenvalue weighted by Crippen LogP contribution is -2.33. The van der Waals surface area contributed by atoms with Gasteiger partial charge in [-0.25, -0.2) is 13.2 Å². The molecule has 0 radical (unpaired) electrons. The minimum atomic E-state index is -4.61. The van der Waals surface area contributed by atoms with Crippen molar-refractivity contribution >= 4 is 21.6 Å². The number of halogens is 3. The van der Waals surface area contributed by atoms with E-state index in [1.807, 2.05) is 0 Å². The van der Waals surface area contributed by atoms with Crippen molar-refractivity contribution in [2.45, 2.75) is 11.1 Å². The maximum atomic E-state index is 12.8. The Balaban J connectivity index is 1.94. The third-order valence-electron chi connectivity index (χ3n) is 3.24. The number of alkyl halides is 3. The van der Waals surface area contributed by atoms with E-state index in [4.69, 9.17) is 0 Å². The first-order valence-electron chi connectivity index (χ1n) is 7.19. The van der Waals surface area contributed by atoms with Gasteiger partial charge in [-0.05, 0) is 24.3 Å². The lowest BCUT2D eigenvalue weighted by atomic mass is 10.1. The quantitative estimate of drug-likeness (QED) is 0.846. The molecular weight excluding hydrogens is 357 g/mol. The van der Waals surface area contributed by atoms with Gasteiger partial charge in [0.1, 0.15) is 0 Å². The molecule has 0 aromatic heterocycles. The maximum absolute atomic E-state index is 12.8. The van der Waals surface area contributed by atoms with E-state index >= 15 is 0 Å². The third kappa shape index (κ3) is 5.21. The number of hydrogen-bond acceptors (Lipinski definition) is 3. The molecule has 5 nitrogen and oxygen atoms in total. The normalized spacial score (nSPS) is 11.8. The number of benzene rings is 2. The van der Waals surface area contributed by atoms with Gasteiger partial charge in [0.25, 0.3) is 0 Å². The van der Waals surface area contributed by atoms with Gasteiger partial charge in [0.05, 0.1) is 21.9 Å². The molecule has 134 valence electrons. The Labute approximate surface area is 142 Å². The van der Waals surface area contributed by atoms with Crippen LogP contribution in [0.5, 0.6) is 0 Å². The Hall–Kier alpha value is -2.55. The van der Waals surface area contributed by atoms with Gasteiger partial charge < -0.3 is 10.6 Å². The number of urea groups is 1. The highest BCUT2D eigenvalue weighted by Crippen LogP contribution is 2.34. The highest BCUT2D eigenvalue weighted by atomic mass is 32.2. The van der Waals surface area contributed by atoms with Gasteiger partial charge >= 0.3 is 12.2 Å². The first-order valence-corrected chi connectivity index (χ1v) is 8.84. The van der Waals surface area contributed by atoms with Gasteiger partial charge in [0.15, 0.2) is 9.84 Å². The van der Waals surface area contributed by atoms with Crippen LogP contribution in [0.15, 0.2) is 59.5 Å². The molecule has 0 aliphatic rings. The van der Waals surface area contributed by atoms with Crippen molar-refractivity contribution in [3.8, 4) is 0 Å². The summed E-state index contributed by atoms with van der Waals surface area (Å²) in [6, 6.07) is 11.3. The van der Waals surface area contributed by atoms with E-state index in [1.54, 1.807) is 18.2 Å². The fourth-order valence-corrected chi connectivity index (χ4v) is 3.23. The zero-order valence-corrected chi connectivity index (χ0v) is 13.7. The topological polar surface area (TPSA) is 75.3 Å². The minimum absolute atomic E-state index is 0.111. The fourth-order valence-electron chi connectivity index (χ4n) is 2.05. The van der Waals surface area contributed by atoms with E-state index in [0.717, 1.165) is 12.1 Å². The molecule has 0 fully saturated rings. The molecule has 2 aromatic rings. The summed E-state index contributed by atoms with van der Waals surface area (Å²) < 4.78 is 62.6. The SMILES string of the molecule is O=C(NCCS(=O)(=O)c1ccccc1)Nc1ccccc1C(F)(F)F. The van der Waals surface area contributed by atoms with Crippen molar-refractivity contribution in [3.05, 3.63) is 60.2 Å². The molecule has 2 amide bonds. The van der Waals surface area contributed by atoms with Gasteiger partial charge in [-0.2, -0.15) is 13.2 Å². The van der Waals surface area contributed by atoms with Crippen molar-refractivity contribution in [1.82, 2.24) is 5.32 Å². The molecule has 2 N–H and O–H groups in total. The van der Waals surface area contributed by atoms with Crippen LogP contribution in [0.1, 0.15) is 5.56 Å². The molecule has 0 bridgehead atoms. The van der Waals surface area contributed by atoms with Crippen LogP contribution in [0.3, 0.4) is 0 Å². The molecule has 0 spiro atoms. The molecule has 25 heavy (non-hydrogen) atoms. The maximum Gasteiger partial charge on any atom is 0.418 e. The van der Waals surface area contributed by atoms with E-state index in [1.165, 1.54) is 24.3 Å². The molecule has 0 saturated carbocycles. The summed E-state index contributed by atoms with van der Waals surface area (Å²) >= 11 is 0. The van der Waals surface area contributed by atoms with E-state index in [-0.39, 0.29) is 17.2 Å². The summed E-state index contributed by atoms with van der Waals surface area (Å²) in [7, 11) is -3.58. The summed E-state index contributed by atoms with van der Waals surface area (Å²) in [4.78, 5) is 11.8. The molecule has 0 aliphatic carbocycles. The fraction of sp³-hybridized carbons (Fsp3) is 0.188. The predicted octanol–water partition coefficient (Wildman–Crippen LogP) is 3.30. The Kier molecular flexibility index (Phi) is 5.68. The van der Waals surface area contributed by atoms with E-state index in [2.05, 4.69) is 10.6 Å². The minimum Gasteiger partial charge on any atom is -0.337 e. The Morgan fingerprint density at radius 2 is 1.56 bits per heavy atom. The van der Waals surface area contributed by atoms with Gasteiger partial charge in [-0.1, -0.05) is 30.3 Å². The predicted molar refractivity (Wildman–Crippen MR) is 87.0 cm³/mol. The Morgan fingerprint density at radius 1 is 0.960 bits per heavy atom. The van der Waals surface area contributed by atoms with Crippen LogP contribution in [-0.2, 0) is 16.0 Å². The number of rotatable bonds is 5. The summed E-state index contributed by atoms with van der Waals surface area (Å²) in [5.41, 5.74) is -1.39. The van der Waals surface area contributed by atoms with Gasteiger partial charge in [-0.3, -0.25) is 0 Å². The number of carbonyl (C=O) groups is 1. The zero-order chi connectivity index (χ0) is 18.5. The van der Waals surface area contributed by atoms with Crippen LogP contribution < -0.4 is 10.6 Å². The van der Waals surface area contributed by atoms with E-state index < -0.39 is 33.3 Å². The number of nitrogens with one attached hydrogen (secondary N) is 2. The first kappa shape index (κ1) is 18.8. The van der Waals surface area contributed by atoms with Crippen LogP contribution >= 0.6 is 0 Å². The molecule has 0 unspecified atom stereocenters. The summed E-state index contributed by atoms with van der Waals surface area (Å²) in [6.45, 7) is -0.239. The van der Waals surface area contributed by atoms with Crippen LogP contribution in [-0.4, -0.2) is 26.7 Å². The highest BCUT2D eigenvalue weighted by Gasteiger charge is 2.33. The summed E-state index contributed by atoms with van der Waals surface area (Å²) in [5, 5.41) is 4.32. The second-order valence-corrected chi connectivity index (χ2v) is 7.17. The van der Waals surface area contributed by atoms with Crippen molar-refractivity contribution in [2.24, 2.45) is 0 Å². The molecule has 0 aliphatic heterocycles. The number of sulfone groups is 1. The molecule has 0 saturated heterocycles. The number of hydrogen-bond donors (Lipinski definition) is 2. The Morgan fingerprint density at radius 3 is 2.20 bits per heavy atom. The number of carbonyl (C=O) groups excluding carboxylic acids is 1. The van der Waals surface area contributed by atoms with Crippen LogP contribution in [0.25, 0.3) is 0 Å². The van der Waals surface area contributed by atoms with E-state index in [9.17, 15) is 26.4 Å². The summed E-state index contributed by atoms with van der Waals surface area (Å²) in [5.74, 6) is -0.370. The van der Waals surface area contributed by atoms with Gasteiger partial charge in [-0.15, -0.1) is 0 Å². The van der Waals surface area contributed by atoms with Gasteiger partial charge in [0.2, 0.25) is 0 Å². The molecule has 2 aromatic carbocycles. The standard InChI is InChI=1S/C16H15F3N2O3S/c17-16(18,19)13-8-4-5-9-14(13)21-15(22)20-10-11-25(23,24)12-6-2-1-3-7-12/h1-9H,10-11H2,(H2,20,21,22). The van der Waals surface area contributed by atoms with Crippen molar-refractivity contribution < 1.29 is 26.4 Å². The molecule has 0 heterocycles. The number of amides is 2. The van der Waals surface area contributed by atoms with Gasteiger partial charge in [0, 0.05) is 6.54 Å². The molecular formula is C16H15F3N2O3S. The second-order valence-electron chi connectivity index (χ2n) is 5.06.